The van der Waals surface area contributed by atoms with Crippen LogP contribution in [0.1, 0.15) is 33.8 Å². The van der Waals surface area contributed by atoms with Crippen molar-refractivity contribution in [1.29, 1.82) is 0 Å². The number of nitrogens with two attached hydrogens (primary N) is 1. The number of carbonyl (C=O) groups is 2. The maximum absolute atomic E-state index is 12.5. The van der Waals surface area contributed by atoms with Gasteiger partial charge in [0.25, 0.3) is 0 Å². The lowest BCUT2D eigenvalue weighted by Crippen LogP contribution is -2.46. The highest BCUT2D eigenvalue weighted by atomic mass is 35.5. The van der Waals surface area contributed by atoms with E-state index < -0.39 is 17.9 Å². The van der Waals surface area contributed by atoms with Crippen LogP contribution in [0.4, 0.5) is 9.18 Å². The largest absolute Gasteiger partial charge is 0.444 e. The number of allylic oxidation sites excluding steroid dienone is 2. The lowest BCUT2D eigenvalue weighted by molar-refractivity contribution is -0.104. The molecule has 1 amide bonds. The molecule has 0 aliphatic rings. The average Bonchev–Trinajstić information content (AvgIpc) is 2.58. The Morgan fingerprint density at radius 1 is 1.33 bits per heavy atom. The number of benzene rings is 1. The standard InChI is InChI=1S/C18H23ClN2O3.CH3F.CH4/c1-13(12-22)5-10-16(20)21(17(23)24-18(2,3)4)11-14-6-8-15(19)9-7-14;1-2;/h5-10,12,16H,1,11,20H2,2-4H3;1H3;1H4/b10-5-;;. The highest BCUT2D eigenvalue weighted by Crippen LogP contribution is 2.16. The number of hydrogen-bond acceptors (Lipinski definition) is 4. The Morgan fingerprint density at radius 2 is 1.85 bits per heavy atom. The van der Waals surface area contributed by atoms with E-state index in [4.69, 9.17) is 22.1 Å². The Bertz CT molecular complexity index is 625. The van der Waals surface area contributed by atoms with Crippen molar-refractivity contribution in [2.24, 2.45) is 5.73 Å². The molecule has 7 heteroatoms. The Hall–Kier alpha value is -2.18. The van der Waals surface area contributed by atoms with E-state index in [9.17, 15) is 14.0 Å². The third-order valence-corrected chi connectivity index (χ3v) is 3.16. The molecule has 0 aliphatic carbocycles. The van der Waals surface area contributed by atoms with Gasteiger partial charge in [-0.05, 0) is 44.5 Å². The van der Waals surface area contributed by atoms with Gasteiger partial charge in [-0.2, -0.15) is 0 Å². The molecule has 0 heterocycles. The Balaban J connectivity index is 0. The summed E-state index contributed by atoms with van der Waals surface area (Å²) in [6.07, 6.45) is 2.28. The molecule has 0 saturated heterocycles. The van der Waals surface area contributed by atoms with Crippen molar-refractivity contribution in [2.75, 3.05) is 7.18 Å². The van der Waals surface area contributed by atoms with Crippen LogP contribution in [0.15, 0.2) is 48.6 Å². The first-order valence-electron chi connectivity index (χ1n) is 7.82. The van der Waals surface area contributed by atoms with Crippen molar-refractivity contribution in [3.63, 3.8) is 0 Å². The summed E-state index contributed by atoms with van der Waals surface area (Å²) >= 11 is 5.88. The topological polar surface area (TPSA) is 72.6 Å². The van der Waals surface area contributed by atoms with Crippen LogP contribution in [0.25, 0.3) is 0 Å². The van der Waals surface area contributed by atoms with E-state index in [1.54, 1.807) is 45.0 Å². The number of alkyl halides is 1. The molecule has 1 unspecified atom stereocenters. The van der Waals surface area contributed by atoms with Crippen LogP contribution < -0.4 is 5.73 Å². The number of ether oxygens (including phenoxy) is 1. The Morgan fingerprint density at radius 3 is 2.30 bits per heavy atom. The molecule has 0 aromatic heterocycles. The first kappa shape index (κ1) is 27.0. The predicted molar refractivity (Wildman–Crippen MR) is 109 cm³/mol. The van der Waals surface area contributed by atoms with Crippen LogP contribution in [0.5, 0.6) is 0 Å². The van der Waals surface area contributed by atoms with Gasteiger partial charge in [-0.3, -0.25) is 14.1 Å². The van der Waals surface area contributed by atoms with Crippen LogP contribution in [-0.2, 0) is 16.1 Å². The zero-order valence-electron chi connectivity index (χ0n) is 15.5. The van der Waals surface area contributed by atoms with Gasteiger partial charge in [0.2, 0.25) is 0 Å². The second-order valence-corrected chi connectivity index (χ2v) is 6.71. The SMILES string of the molecule is C.C=C(C=O)/C=C\C(N)N(Cc1ccc(Cl)cc1)C(=O)OC(C)(C)C.CF. The summed E-state index contributed by atoms with van der Waals surface area (Å²) in [5.74, 6) is 0. The van der Waals surface area contributed by atoms with Gasteiger partial charge in [0.15, 0.2) is 0 Å². The molecule has 27 heavy (non-hydrogen) atoms. The molecule has 2 N–H and O–H groups in total. The quantitative estimate of drug-likeness (QED) is 0.319. The fourth-order valence-corrected chi connectivity index (χ4v) is 1.89. The first-order valence-corrected chi connectivity index (χ1v) is 8.20. The molecule has 152 valence electrons. The summed E-state index contributed by atoms with van der Waals surface area (Å²) in [7, 11) is 0.500. The van der Waals surface area contributed by atoms with Crippen molar-refractivity contribution >= 4 is 24.0 Å². The van der Waals surface area contributed by atoms with Crippen molar-refractivity contribution in [3.05, 3.63) is 59.2 Å². The molecule has 0 spiro atoms. The van der Waals surface area contributed by atoms with Crippen LogP contribution in [-0.4, -0.2) is 36.2 Å². The second kappa shape index (κ2) is 13.1. The number of amides is 1. The van der Waals surface area contributed by atoms with Crippen molar-refractivity contribution < 1.29 is 18.7 Å². The van der Waals surface area contributed by atoms with Gasteiger partial charge in [-0.15, -0.1) is 0 Å². The molecule has 0 saturated carbocycles. The van der Waals surface area contributed by atoms with E-state index in [2.05, 4.69) is 6.58 Å². The minimum absolute atomic E-state index is 0. The summed E-state index contributed by atoms with van der Waals surface area (Å²) in [5, 5.41) is 0.606. The van der Waals surface area contributed by atoms with Crippen LogP contribution in [0.3, 0.4) is 0 Å². The van der Waals surface area contributed by atoms with E-state index in [1.165, 1.54) is 17.1 Å². The molecular formula is C20H30ClFN2O3. The van der Waals surface area contributed by atoms with Gasteiger partial charge in [-0.1, -0.05) is 43.8 Å². The van der Waals surface area contributed by atoms with E-state index >= 15 is 0 Å². The molecule has 1 aromatic rings. The van der Waals surface area contributed by atoms with E-state index in [-0.39, 0.29) is 19.5 Å². The summed E-state index contributed by atoms with van der Waals surface area (Å²) in [6.45, 7) is 9.12. The Labute approximate surface area is 166 Å². The van der Waals surface area contributed by atoms with Gasteiger partial charge >= 0.3 is 6.09 Å². The second-order valence-electron chi connectivity index (χ2n) is 6.28. The van der Waals surface area contributed by atoms with Crippen LogP contribution in [0.2, 0.25) is 5.02 Å². The van der Waals surface area contributed by atoms with Crippen molar-refractivity contribution in [1.82, 2.24) is 4.90 Å². The highest BCUT2D eigenvalue weighted by molar-refractivity contribution is 6.30. The molecule has 0 radical (unpaired) electrons. The fraction of sp³-hybridized carbons (Fsp3) is 0.400. The highest BCUT2D eigenvalue weighted by Gasteiger charge is 2.25. The number of halogens is 2. The third-order valence-electron chi connectivity index (χ3n) is 2.91. The van der Waals surface area contributed by atoms with Gasteiger partial charge in [0.05, 0.1) is 13.7 Å². The van der Waals surface area contributed by atoms with Crippen LogP contribution >= 0.6 is 11.6 Å². The normalized spacial score (nSPS) is 11.5. The maximum atomic E-state index is 12.5. The lowest BCUT2D eigenvalue weighted by atomic mass is 10.2. The third kappa shape index (κ3) is 11.2. The molecule has 5 nitrogen and oxygen atoms in total. The maximum Gasteiger partial charge on any atom is 0.412 e. The first-order chi connectivity index (χ1) is 12.1. The smallest absolute Gasteiger partial charge is 0.412 e. The van der Waals surface area contributed by atoms with E-state index in [0.29, 0.717) is 18.5 Å². The molecule has 0 aliphatic heterocycles. The molecule has 1 atom stereocenters. The predicted octanol–water partition coefficient (Wildman–Crippen LogP) is 4.90. The van der Waals surface area contributed by atoms with Gasteiger partial charge in [0.1, 0.15) is 18.1 Å². The molecule has 0 fully saturated rings. The molecule has 1 rings (SSSR count). The average molecular weight is 401 g/mol. The number of aldehydes is 1. The van der Waals surface area contributed by atoms with Crippen molar-refractivity contribution in [3.8, 4) is 0 Å². The van der Waals surface area contributed by atoms with Crippen molar-refractivity contribution in [2.45, 2.75) is 46.5 Å². The molecule has 0 bridgehead atoms. The number of nitrogens with zero attached hydrogens (tertiary/aromatic N) is 1. The number of rotatable bonds is 6. The number of hydrogen-bond donors (Lipinski definition) is 1. The molecular weight excluding hydrogens is 371 g/mol. The zero-order chi connectivity index (χ0) is 20.3. The minimum Gasteiger partial charge on any atom is -0.444 e. The minimum atomic E-state index is -0.771. The van der Waals surface area contributed by atoms with Crippen LogP contribution in [0, 0.1) is 0 Å². The summed E-state index contributed by atoms with van der Waals surface area (Å²) in [5.41, 5.74) is 6.54. The number of carbonyl (C=O) groups excluding carboxylic acids is 2. The monoisotopic (exact) mass is 400 g/mol. The van der Waals surface area contributed by atoms with Gasteiger partial charge in [-0.25, -0.2) is 4.79 Å². The van der Waals surface area contributed by atoms with E-state index in [1.807, 2.05) is 0 Å². The fourth-order valence-electron chi connectivity index (χ4n) is 1.76. The summed E-state index contributed by atoms with van der Waals surface area (Å²) < 4.78 is 14.9. The van der Waals surface area contributed by atoms with Gasteiger partial charge in [0, 0.05) is 10.6 Å². The summed E-state index contributed by atoms with van der Waals surface area (Å²) in [4.78, 5) is 24.4. The Kier molecular flexibility index (Phi) is 13.1. The lowest BCUT2D eigenvalue weighted by Gasteiger charge is -2.30. The summed E-state index contributed by atoms with van der Waals surface area (Å²) in [6, 6.07) is 7.08. The van der Waals surface area contributed by atoms with Gasteiger partial charge < -0.3 is 10.5 Å². The van der Waals surface area contributed by atoms with E-state index in [0.717, 1.165) is 5.56 Å². The molecule has 1 aromatic carbocycles. The zero-order valence-corrected chi connectivity index (χ0v) is 16.3.